The lowest BCUT2D eigenvalue weighted by Crippen LogP contribution is -2.12. The second kappa shape index (κ2) is 10.0. The molecule has 0 aliphatic carbocycles. The summed E-state index contributed by atoms with van der Waals surface area (Å²) in [6.07, 6.45) is 4.95. The van der Waals surface area contributed by atoms with E-state index in [1.54, 1.807) is 29.3 Å². The molecule has 1 aromatic carbocycles. The van der Waals surface area contributed by atoms with E-state index in [4.69, 9.17) is 9.47 Å². The van der Waals surface area contributed by atoms with Gasteiger partial charge in [0.2, 0.25) is 5.88 Å². The van der Waals surface area contributed by atoms with Crippen molar-refractivity contribution in [2.75, 3.05) is 12.4 Å². The minimum Gasteiger partial charge on any atom is -0.479 e. The molecule has 0 saturated carbocycles. The molecule has 174 valence electrons. The second-order valence-electron chi connectivity index (χ2n) is 7.54. The molecule has 2 N–H and O–H groups in total. The molecule has 4 rings (SSSR count). The Morgan fingerprint density at radius 2 is 2.00 bits per heavy atom. The smallest absolute Gasteiger partial charge is 0.250 e. The zero-order valence-electron chi connectivity index (χ0n) is 19.2. The van der Waals surface area contributed by atoms with Gasteiger partial charge in [-0.15, -0.1) is 0 Å². The van der Waals surface area contributed by atoms with E-state index in [2.05, 4.69) is 32.3 Å². The van der Waals surface area contributed by atoms with Gasteiger partial charge >= 0.3 is 0 Å². The molecule has 9 heteroatoms. The number of methoxy groups -OCH3 is 1. The zero-order chi connectivity index (χ0) is 24.1. The highest BCUT2D eigenvalue weighted by Crippen LogP contribution is 2.30. The summed E-state index contributed by atoms with van der Waals surface area (Å²) < 4.78 is 26.6. The van der Waals surface area contributed by atoms with Gasteiger partial charge in [-0.3, -0.25) is 4.68 Å². The molecule has 0 amide bonds. The van der Waals surface area contributed by atoms with Crippen molar-refractivity contribution in [2.45, 2.75) is 13.5 Å². The normalized spacial score (nSPS) is 10.6. The summed E-state index contributed by atoms with van der Waals surface area (Å²) in [7, 11) is 3.23. The van der Waals surface area contributed by atoms with Crippen LogP contribution in [0.15, 0.2) is 67.6 Å². The van der Waals surface area contributed by atoms with E-state index in [0.717, 1.165) is 16.9 Å². The van der Waals surface area contributed by atoms with Gasteiger partial charge in [0.1, 0.15) is 23.1 Å². The van der Waals surface area contributed by atoms with Crippen LogP contribution < -0.4 is 20.1 Å². The lowest BCUT2D eigenvalue weighted by atomic mass is 10.1. The van der Waals surface area contributed by atoms with E-state index >= 15 is 0 Å². The first-order valence-corrected chi connectivity index (χ1v) is 10.5. The quantitative estimate of drug-likeness (QED) is 0.365. The summed E-state index contributed by atoms with van der Waals surface area (Å²) in [6, 6.07) is 12.6. The third kappa shape index (κ3) is 5.15. The van der Waals surface area contributed by atoms with Crippen LogP contribution in [0.5, 0.6) is 17.4 Å². The molecule has 0 aliphatic heterocycles. The number of ether oxygens (including phenoxy) is 2. The summed E-state index contributed by atoms with van der Waals surface area (Å²) in [5.41, 5.74) is 3.17. The number of nitrogens with one attached hydrogen (secondary N) is 2. The average molecular weight is 461 g/mol. The van der Waals surface area contributed by atoms with Crippen molar-refractivity contribution >= 4 is 17.3 Å². The number of anilines is 2. The maximum Gasteiger partial charge on any atom is 0.250 e. The lowest BCUT2D eigenvalue weighted by molar-refractivity contribution is 0.368. The number of aromatic nitrogens is 4. The number of halogens is 1. The molecular weight excluding hydrogens is 435 g/mol. The number of nitrogens with zero attached hydrogens (tertiary/aromatic N) is 4. The van der Waals surface area contributed by atoms with Crippen molar-refractivity contribution in [2.24, 2.45) is 7.05 Å². The van der Waals surface area contributed by atoms with E-state index < -0.39 is 5.82 Å². The van der Waals surface area contributed by atoms with Gasteiger partial charge in [0.25, 0.3) is 0 Å². The predicted molar refractivity (Wildman–Crippen MR) is 129 cm³/mol. The number of aryl methyl sites for hydroxylation is 1. The summed E-state index contributed by atoms with van der Waals surface area (Å²) in [6.45, 7) is 6.46. The molecule has 0 bridgehead atoms. The van der Waals surface area contributed by atoms with Crippen LogP contribution in [0.1, 0.15) is 16.7 Å². The van der Waals surface area contributed by atoms with Crippen molar-refractivity contribution in [1.82, 2.24) is 25.1 Å². The second-order valence-corrected chi connectivity index (χ2v) is 7.54. The van der Waals surface area contributed by atoms with Gasteiger partial charge in [0, 0.05) is 54.9 Å². The van der Waals surface area contributed by atoms with E-state index in [1.807, 2.05) is 44.3 Å². The molecule has 0 aliphatic rings. The molecule has 0 saturated heterocycles. The van der Waals surface area contributed by atoms with Crippen LogP contribution >= 0.6 is 0 Å². The van der Waals surface area contributed by atoms with Crippen LogP contribution in [0.4, 0.5) is 16.0 Å². The molecule has 34 heavy (non-hydrogen) atoms. The number of hydrogen-bond acceptors (Lipinski definition) is 7. The van der Waals surface area contributed by atoms with Crippen LogP contribution in [0.3, 0.4) is 0 Å². The molecule has 0 fully saturated rings. The third-order valence-corrected chi connectivity index (χ3v) is 5.21. The van der Waals surface area contributed by atoms with Gasteiger partial charge in [-0.05, 0) is 30.7 Å². The Hall–Kier alpha value is -4.40. The highest BCUT2D eigenvalue weighted by atomic mass is 19.1. The molecule has 0 radical (unpaired) electrons. The van der Waals surface area contributed by atoms with E-state index in [-0.39, 0.29) is 5.88 Å². The van der Waals surface area contributed by atoms with Gasteiger partial charge < -0.3 is 20.1 Å². The van der Waals surface area contributed by atoms with Gasteiger partial charge in [0.05, 0.1) is 13.3 Å². The number of pyridine rings is 2. The molecule has 3 aromatic heterocycles. The van der Waals surface area contributed by atoms with Crippen molar-refractivity contribution in [3.05, 3.63) is 90.1 Å². The van der Waals surface area contributed by atoms with E-state index in [9.17, 15) is 4.39 Å². The average Bonchev–Trinajstić information content (AvgIpc) is 3.23. The van der Waals surface area contributed by atoms with Gasteiger partial charge in [0.15, 0.2) is 5.82 Å². The predicted octanol–water partition coefficient (Wildman–Crippen LogP) is 4.96. The molecular formula is C25H25FN6O2. The Bertz CT molecular complexity index is 1320. The lowest BCUT2D eigenvalue weighted by Gasteiger charge is -2.16. The van der Waals surface area contributed by atoms with Gasteiger partial charge in [-0.1, -0.05) is 18.7 Å². The topological polar surface area (TPSA) is 86.1 Å². The standard InChI is InChI=1S/C25H25FN6O2/c1-16-20(17(2)28-14-18-12-21(26)25(33-4)29-15-18)6-5-7-22(16)34-19-8-10-27-23(13-19)31-24-9-11-30-32(24)3/h5-13,15,28H,2,14H2,1,3-4H3,(H,27,31). The van der Waals surface area contributed by atoms with Crippen molar-refractivity contribution < 1.29 is 13.9 Å². The first-order chi connectivity index (χ1) is 16.4. The highest BCUT2D eigenvalue weighted by Gasteiger charge is 2.11. The highest BCUT2D eigenvalue weighted by molar-refractivity contribution is 5.67. The van der Waals surface area contributed by atoms with Crippen LogP contribution in [0.25, 0.3) is 5.70 Å². The minimum atomic E-state index is -0.506. The minimum absolute atomic E-state index is 0.0296. The molecule has 0 atom stereocenters. The molecule has 3 heterocycles. The molecule has 8 nitrogen and oxygen atoms in total. The summed E-state index contributed by atoms with van der Waals surface area (Å²) >= 11 is 0. The summed E-state index contributed by atoms with van der Waals surface area (Å²) in [4.78, 5) is 8.30. The number of hydrogen-bond donors (Lipinski definition) is 2. The SMILES string of the molecule is C=C(NCc1cnc(OC)c(F)c1)c1cccc(Oc2ccnc(Nc3ccnn3C)c2)c1C. The third-order valence-electron chi connectivity index (χ3n) is 5.21. The van der Waals surface area contributed by atoms with Crippen molar-refractivity contribution in [3.8, 4) is 17.4 Å². The van der Waals surface area contributed by atoms with Crippen LogP contribution in [0.2, 0.25) is 0 Å². The van der Waals surface area contributed by atoms with E-state index in [0.29, 0.717) is 35.1 Å². The van der Waals surface area contributed by atoms with Crippen LogP contribution in [-0.2, 0) is 13.6 Å². The maximum atomic E-state index is 13.9. The fourth-order valence-corrected chi connectivity index (χ4v) is 3.37. The Kier molecular flexibility index (Phi) is 6.72. The summed E-state index contributed by atoms with van der Waals surface area (Å²) in [5.74, 6) is 2.25. The Morgan fingerprint density at radius 3 is 2.74 bits per heavy atom. The summed E-state index contributed by atoms with van der Waals surface area (Å²) in [5, 5.41) is 10.6. The van der Waals surface area contributed by atoms with Gasteiger partial charge in [-0.25, -0.2) is 14.4 Å². The van der Waals surface area contributed by atoms with Crippen LogP contribution in [-0.4, -0.2) is 26.9 Å². The number of benzene rings is 1. The largest absolute Gasteiger partial charge is 0.479 e. The van der Waals surface area contributed by atoms with E-state index in [1.165, 1.54) is 13.2 Å². The molecule has 0 unspecified atom stereocenters. The maximum absolute atomic E-state index is 13.9. The zero-order valence-corrected chi connectivity index (χ0v) is 19.2. The first kappa shape index (κ1) is 22.8. The Morgan fingerprint density at radius 1 is 1.15 bits per heavy atom. The number of rotatable bonds is 9. The Labute approximate surface area is 197 Å². The molecule has 0 spiro atoms. The Balaban J connectivity index is 1.45. The fourth-order valence-electron chi connectivity index (χ4n) is 3.37. The van der Waals surface area contributed by atoms with Gasteiger partial charge in [-0.2, -0.15) is 5.10 Å². The molecule has 4 aromatic rings. The van der Waals surface area contributed by atoms with Crippen molar-refractivity contribution in [3.63, 3.8) is 0 Å². The monoisotopic (exact) mass is 460 g/mol. The van der Waals surface area contributed by atoms with Crippen molar-refractivity contribution in [1.29, 1.82) is 0 Å². The first-order valence-electron chi connectivity index (χ1n) is 10.5. The van der Waals surface area contributed by atoms with Crippen LogP contribution in [0, 0.1) is 12.7 Å². The fraction of sp³-hybridized carbons (Fsp3) is 0.160.